The van der Waals surface area contributed by atoms with Crippen molar-refractivity contribution in [2.45, 2.75) is 31.8 Å². The summed E-state index contributed by atoms with van der Waals surface area (Å²) in [6.07, 6.45) is 2.60. The molecule has 0 unspecified atom stereocenters. The van der Waals surface area contributed by atoms with Crippen molar-refractivity contribution in [2.75, 3.05) is 10.6 Å². The number of amides is 1. The Kier molecular flexibility index (Phi) is 6.50. The van der Waals surface area contributed by atoms with Crippen LogP contribution in [0.5, 0.6) is 5.75 Å². The Bertz CT molecular complexity index is 1180. The average molecular weight is 447 g/mol. The van der Waals surface area contributed by atoms with Gasteiger partial charge in [0.05, 0.1) is 23.7 Å². The van der Waals surface area contributed by atoms with Gasteiger partial charge >= 0.3 is 23.8 Å². The molecular weight excluding hydrogens is 426 g/mol. The number of carboxylic acid groups (broad SMARTS) is 1. The van der Waals surface area contributed by atoms with Gasteiger partial charge in [0, 0.05) is 11.4 Å². The van der Waals surface area contributed by atoms with E-state index in [1.807, 2.05) is 6.07 Å². The molecule has 168 valence electrons. The van der Waals surface area contributed by atoms with E-state index in [1.54, 1.807) is 48.5 Å². The summed E-state index contributed by atoms with van der Waals surface area (Å²) in [6, 6.07) is 15.6. The van der Waals surface area contributed by atoms with Crippen molar-refractivity contribution in [3.8, 4) is 11.8 Å². The number of carbonyl (C=O) groups is 2. The molecule has 10 nitrogen and oxygen atoms in total. The molecule has 2 aromatic carbocycles. The quantitative estimate of drug-likeness (QED) is 0.489. The lowest BCUT2D eigenvalue weighted by molar-refractivity contribution is -0.143. The lowest BCUT2D eigenvalue weighted by atomic mass is 9.87. The Labute approximate surface area is 189 Å². The molecule has 1 heterocycles. The number of nitrogens with zero attached hydrogens (tertiary/aromatic N) is 3. The van der Waals surface area contributed by atoms with Crippen LogP contribution in [0.15, 0.2) is 52.9 Å². The van der Waals surface area contributed by atoms with Crippen LogP contribution in [0.1, 0.15) is 41.9 Å². The van der Waals surface area contributed by atoms with Gasteiger partial charge in [-0.2, -0.15) is 5.26 Å². The number of ether oxygens (including phenoxy) is 1. The summed E-state index contributed by atoms with van der Waals surface area (Å²) in [7, 11) is 0. The van der Waals surface area contributed by atoms with Crippen LogP contribution >= 0.6 is 0 Å². The number of carbonyl (C=O) groups excluding carboxylic acids is 1. The first kappa shape index (κ1) is 21.8. The molecule has 1 aromatic heterocycles. The molecule has 1 aliphatic carbocycles. The van der Waals surface area contributed by atoms with Gasteiger partial charge in [0.25, 0.3) is 0 Å². The predicted octanol–water partition coefficient (Wildman–Crippen LogP) is 3.96. The fourth-order valence-corrected chi connectivity index (χ4v) is 3.58. The van der Waals surface area contributed by atoms with Crippen molar-refractivity contribution in [1.29, 1.82) is 5.26 Å². The first-order valence-corrected chi connectivity index (χ1v) is 10.4. The van der Waals surface area contributed by atoms with Gasteiger partial charge in [0.1, 0.15) is 5.75 Å². The Morgan fingerprint density at radius 3 is 2.52 bits per heavy atom. The number of nitrogens with one attached hydrogen (secondary N) is 2. The van der Waals surface area contributed by atoms with Gasteiger partial charge in [-0.1, -0.05) is 11.2 Å². The predicted molar refractivity (Wildman–Crippen MR) is 117 cm³/mol. The molecule has 0 aliphatic heterocycles. The van der Waals surface area contributed by atoms with E-state index >= 15 is 0 Å². The zero-order chi connectivity index (χ0) is 23.2. The highest BCUT2D eigenvalue weighted by Crippen LogP contribution is 2.28. The maximum Gasteiger partial charge on any atom is 0.320 e. The minimum Gasteiger partial charge on any atom is -0.490 e. The number of anilines is 3. The minimum atomic E-state index is -0.745. The van der Waals surface area contributed by atoms with Gasteiger partial charge < -0.3 is 24.9 Å². The van der Waals surface area contributed by atoms with Gasteiger partial charge in [-0.25, -0.2) is 0 Å². The summed E-state index contributed by atoms with van der Waals surface area (Å²) in [6.45, 7) is 0. The summed E-state index contributed by atoms with van der Waals surface area (Å²) < 4.78 is 11.3. The van der Waals surface area contributed by atoms with E-state index in [0.29, 0.717) is 48.4 Å². The number of aliphatic carboxylic acids is 1. The third-order valence-corrected chi connectivity index (χ3v) is 5.30. The molecule has 1 aliphatic rings. The van der Waals surface area contributed by atoms with Crippen LogP contribution in [0.2, 0.25) is 0 Å². The van der Waals surface area contributed by atoms with Crippen molar-refractivity contribution >= 4 is 29.3 Å². The third kappa shape index (κ3) is 5.65. The molecule has 0 spiro atoms. The number of hydrogen-bond acceptors (Lipinski definition) is 8. The van der Waals surface area contributed by atoms with Crippen molar-refractivity contribution < 1.29 is 23.8 Å². The topological polar surface area (TPSA) is 150 Å². The van der Waals surface area contributed by atoms with E-state index in [-0.39, 0.29) is 23.9 Å². The monoisotopic (exact) mass is 447 g/mol. The molecule has 0 atom stereocenters. The Morgan fingerprint density at radius 2 is 1.82 bits per heavy atom. The van der Waals surface area contributed by atoms with E-state index < -0.39 is 11.9 Å². The second-order valence-electron chi connectivity index (χ2n) is 7.64. The molecular formula is C23H21N5O5. The zero-order valence-corrected chi connectivity index (χ0v) is 17.5. The maximum absolute atomic E-state index is 12.4. The second-order valence-corrected chi connectivity index (χ2v) is 7.64. The number of nitriles is 1. The molecule has 10 heteroatoms. The second kappa shape index (κ2) is 9.82. The van der Waals surface area contributed by atoms with Gasteiger partial charge in [-0.05, 0) is 68.1 Å². The number of benzene rings is 2. The average Bonchev–Trinajstić information content (AvgIpc) is 3.29. The van der Waals surface area contributed by atoms with Crippen LogP contribution in [0.3, 0.4) is 0 Å². The zero-order valence-electron chi connectivity index (χ0n) is 17.5. The van der Waals surface area contributed by atoms with Crippen LogP contribution in [-0.2, 0) is 4.79 Å². The number of hydrogen-bond donors (Lipinski definition) is 3. The molecule has 0 saturated heterocycles. The van der Waals surface area contributed by atoms with E-state index in [4.69, 9.17) is 19.5 Å². The molecule has 0 bridgehead atoms. The molecule has 4 rings (SSSR count). The Morgan fingerprint density at radius 1 is 1.06 bits per heavy atom. The summed E-state index contributed by atoms with van der Waals surface area (Å²) in [5.41, 5.74) is 1.57. The van der Waals surface area contributed by atoms with Gasteiger partial charge in [0.15, 0.2) is 0 Å². The minimum absolute atomic E-state index is 0.0146. The summed E-state index contributed by atoms with van der Waals surface area (Å²) in [5, 5.41) is 31.1. The highest BCUT2D eigenvalue weighted by molar-refractivity contribution is 6.00. The number of rotatable bonds is 7. The molecule has 1 saturated carbocycles. The highest BCUT2D eigenvalue weighted by atomic mass is 16.5. The fourth-order valence-electron chi connectivity index (χ4n) is 3.58. The van der Waals surface area contributed by atoms with Gasteiger partial charge in [0.2, 0.25) is 0 Å². The van der Waals surface area contributed by atoms with Crippen molar-refractivity contribution in [3.63, 3.8) is 0 Å². The number of carboxylic acids is 1. The van der Waals surface area contributed by atoms with Gasteiger partial charge in [-0.3, -0.25) is 9.59 Å². The first-order valence-electron chi connectivity index (χ1n) is 10.4. The molecule has 1 amide bonds. The first-order chi connectivity index (χ1) is 16.0. The summed E-state index contributed by atoms with van der Waals surface area (Å²) in [5.74, 6) is -1.17. The highest BCUT2D eigenvalue weighted by Gasteiger charge is 2.26. The smallest absolute Gasteiger partial charge is 0.320 e. The largest absolute Gasteiger partial charge is 0.490 e. The third-order valence-electron chi connectivity index (χ3n) is 5.30. The van der Waals surface area contributed by atoms with Crippen molar-refractivity contribution in [3.05, 3.63) is 60.0 Å². The summed E-state index contributed by atoms with van der Waals surface area (Å²) >= 11 is 0. The van der Waals surface area contributed by atoms with Crippen LogP contribution < -0.4 is 15.4 Å². The van der Waals surface area contributed by atoms with Crippen LogP contribution in [-0.4, -0.2) is 33.3 Å². The molecule has 3 N–H and O–H groups in total. The van der Waals surface area contributed by atoms with E-state index in [1.165, 1.54) is 0 Å². The van der Waals surface area contributed by atoms with E-state index in [0.717, 1.165) is 0 Å². The van der Waals surface area contributed by atoms with Crippen LogP contribution in [0.4, 0.5) is 17.4 Å². The van der Waals surface area contributed by atoms with Crippen LogP contribution in [0.25, 0.3) is 0 Å². The molecule has 3 aromatic rings. The maximum atomic E-state index is 12.4. The van der Waals surface area contributed by atoms with Crippen molar-refractivity contribution in [2.24, 2.45) is 5.92 Å². The lowest BCUT2D eigenvalue weighted by Crippen LogP contribution is -2.27. The van der Waals surface area contributed by atoms with E-state index in [2.05, 4.69) is 20.8 Å². The number of aromatic nitrogens is 2. The van der Waals surface area contributed by atoms with E-state index in [9.17, 15) is 9.59 Å². The van der Waals surface area contributed by atoms with Gasteiger partial charge in [-0.15, -0.1) is 5.10 Å². The Balaban J connectivity index is 1.30. The van der Waals surface area contributed by atoms with Crippen LogP contribution in [0, 0.1) is 17.2 Å². The molecule has 0 radical (unpaired) electrons. The van der Waals surface area contributed by atoms with Crippen molar-refractivity contribution in [1.82, 2.24) is 10.2 Å². The Hall–Kier alpha value is -4.39. The standard InChI is InChI=1S/C23H21N5O5/c24-13-14-2-1-3-17(12-14)26-23-28-27-21(33-23)20(29)25-16-6-10-19(11-7-16)32-18-8-4-15(5-9-18)22(30)31/h1-3,6-7,10-12,15,18H,4-5,8-9H2,(H,25,29)(H,26,28)(H,30,31)/t15-,18-. The lowest BCUT2D eigenvalue weighted by Gasteiger charge is -2.26. The normalized spacial score (nSPS) is 17.5. The molecule has 1 fully saturated rings. The molecule has 33 heavy (non-hydrogen) atoms. The fraction of sp³-hybridized carbons (Fsp3) is 0.261. The SMILES string of the molecule is N#Cc1cccc(Nc2nnc(C(=O)Nc3ccc(O[C@H]4CC[C@H](C(=O)O)CC4)cc3)o2)c1. The summed E-state index contributed by atoms with van der Waals surface area (Å²) in [4.78, 5) is 23.5.